The molecule has 1 saturated heterocycles. The van der Waals surface area contributed by atoms with Crippen molar-refractivity contribution in [2.45, 2.75) is 32.5 Å². The number of piperazine rings is 1. The first kappa shape index (κ1) is 23.5. The summed E-state index contributed by atoms with van der Waals surface area (Å²) >= 11 is 0. The van der Waals surface area contributed by atoms with Crippen LogP contribution >= 0.6 is 12.4 Å². The van der Waals surface area contributed by atoms with Gasteiger partial charge in [-0.05, 0) is 31.0 Å². The van der Waals surface area contributed by atoms with Crippen molar-refractivity contribution in [2.24, 2.45) is 0 Å². The Hall–Kier alpha value is -1.51. The summed E-state index contributed by atoms with van der Waals surface area (Å²) in [5.74, 6) is 0.242. The Morgan fingerprint density at radius 1 is 1.30 bits per heavy atom. The van der Waals surface area contributed by atoms with Crippen LogP contribution in [0, 0.1) is 13.8 Å². The van der Waals surface area contributed by atoms with Gasteiger partial charge in [0.2, 0.25) is 5.91 Å². The molecule has 27 heavy (non-hydrogen) atoms. The van der Waals surface area contributed by atoms with Gasteiger partial charge in [0.05, 0.1) is 13.0 Å². The molecular formula is C18H27ClF3N3O2. The molecule has 1 atom stereocenters. The van der Waals surface area contributed by atoms with E-state index in [1.165, 1.54) is 4.90 Å². The maximum atomic E-state index is 13.3. The number of benzene rings is 1. The van der Waals surface area contributed by atoms with Crippen LogP contribution in [0.4, 0.5) is 13.2 Å². The smallest absolute Gasteiger partial charge is 0.405 e. The third-order valence-corrected chi connectivity index (χ3v) is 4.39. The number of alkyl halides is 3. The molecule has 1 aliphatic heterocycles. The van der Waals surface area contributed by atoms with E-state index in [0.717, 1.165) is 11.1 Å². The van der Waals surface area contributed by atoms with Crippen LogP contribution in [-0.2, 0) is 4.79 Å². The Kier molecular flexibility index (Phi) is 9.35. The fourth-order valence-corrected chi connectivity index (χ4v) is 2.86. The van der Waals surface area contributed by atoms with E-state index in [4.69, 9.17) is 4.74 Å². The number of carbonyl (C=O) groups excluding carboxylic acids is 1. The minimum Gasteiger partial charge on any atom is -0.493 e. The lowest BCUT2D eigenvalue weighted by atomic mass is 10.1. The Morgan fingerprint density at radius 3 is 2.59 bits per heavy atom. The van der Waals surface area contributed by atoms with Crippen molar-refractivity contribution in [3.05, 3.63) is 29.3 Å². The summed E-state index contributed by atoms with van der Waals surface area (Å²) in [5.41, 5.74) is 1.99. The third kappa shape index (κ3) is 7.56. The molecule has 1 fully saturated rings. The van der Waals surface area contributed by atoms with E-state index in [9.17, 15) is 18.0 Å². The molecule has 1 amide bonds. The molecule has 0 radical (unpaired) electrons. The first-order valence-electron chi connectivity index (χ1n) is 8.75. The zero-order valence-corrected chi connectivity index (χ0v) is 16.4. The van der Waals surface area contributed by atoms with Crippen molar-refractivity contribution in [3.63, 3.8) is 0 Å². The Balaban J connectivity index is 0.00000364. The number of aryl methyl sites for hydroxylation is 2. The Bertz CT molecular complexity index is 608. The molecule has 0 saturated carbocycles. The first-order chi connectivity index (χ1) is 12.3. The van der Waals surface area contributed by atoms with Crippen LogP contribution in [0.5, 0.6) is 5.75 Å². The van der Waals surface area contributed by atoms with Crippen LogP contribution in [0.2, 0.25) is 0 Å². The largest absolute Gasteiger partial charge is 0.493 e. The minimum absolute atomic E-state index is 0. The molecule has 0 spiro atoms. The second-order valence-corrected chi connectivity index (χ2v) is 6.51. The number of amides is 1. The number of nitrogens with zero attached hydrogens (tertiary/aromatic N) is 1. The summed E-state index contributed by atoms with van der Waals surface area (Å²) in [5, 5.41) is 5.42. The van der Waals surface area contributed by atoms with Crippen LogP contribution in [0.1, 0.15) is 17.5 Å². The summed E-state index contributed by atoms with van der Waals surface area (Å²) in [6.07, 6.45) is -4.36. The molecule has 1 unspecified atom stereocenters. The molecule has 2 rings (SSSR count). The van der Waals surface area contributed by atoms with Crippen LogP contribution in [0.15, 0.2) is 18.2 Å². The lowest BCUT2D eigenvalue weighted by Gasteiger charge is -2.35. The number of carbonyl (C=O) groups is 1. The predicted molar refractivity (Wildman–Crippen MR) is 101 cm³/mol. The number of halogens is 4. The SMILES string of the molecule is Cc1ccc(C)c(OCCC(=O)NCC(N2CCNCC2)C(F)(F)F)c1.Cl. The molecule has 2 N–H and O–H groups in total. The molecule has 1 aromatic carbocycles. The normalized spacial score (nSPS) is 16.3. The summed E-state index contributed by atoms with van der Waals surface area (Å²) in [4.78, 5) is 13.3. The Morgan fingerprint density at radius 2 is 1.96 bits per heavy atom. The molecule has 1 aromatic rings. The van der Waals surface area contributed by atoms with E-state index in [1.54, 1.807) is 0 Å². The predicted octanol–water partition coefficient (Wildman–Crippen LogP) is 2.45. The van der Waals surface area contributed by atoms with Gasteiger partial charge in [0.15, 0.2) is 0 Å². The standard InChI is InChI=1S/C18H26F3N3O2.ClH/c1-13-3-4-14(2)15(11-13)26-10-5-17(25)23-12-16(18(19,20)21)24-8-6-22-7-9-24;/h3-4,11,16,22H,5-10,12H2,1-2H3,(H,23,25);1H. The second kappa shape index (κ2) is 10.7. The summed E-state index contributed by atoms with van der Waals surface area (Å²) in [6.45, 7) is 5.19. The van der Waals surface area contributed by atoms with Gasteiger partial charge in [0.25, 0.3) is 0 Å². The monoisotopic (exact) mass is 409 g/mol. The van der Waals surface area contributed by atoms with Gasteiger partial charge < -0.3 is 15.4 Å². The molecule has 0 aliphatic carbocycles. The molecule has 0 bridgehead atoms. The summed E-state index contributed by atoms with van der Waals surface area (Å²) < 4.78 is 45.4. The highest BCUT2D eigenvalue weighted by Gasteiger charge is 2.43. The molecule has 5 nitrogen and oxygen atoms in total. The number of ether oxygens (including phenoxy) is 1. The maximum absolute atomic E-state index is 13.3. The van der Waals surface area contributed by atoms with Crippen molar-refractivity contribution in [2.75, 3.05) is 39.3 Å². The minimum atomic E-state index is -4.38. The topological polar surface area (TPSA) is 53.6 Å². The molecule has 154 valence electrons. The van der Waals surface area contributed by atoms with Gasteiger partial charge >= 0.3 is 6.18 Å². The van der Waals surface area contributed by atoms with Crippen LogP contribution < -0.4 is 15.4 Å². The number of hydrogen-bond acceptors (Lipinski definition) is 4. The highest BCUT2D eigenvalue weighted by atomic mass is 35.5. The summed E-state index contributed by atoms with van der Waals surface area (Å²) in [7, 11) is 0. The van der Waals surface area contributed by atoms with Crippen LogP contribution in [0.3, 0.4) is 0 Å². The number of hydrogen-bond donors (Lipinski definition) is 2. The second-order valence-electron chi connectivity index (χ2n) is 6.51. The average molecular weight is 410 g/mol. The van der Waals surface area contributed by atoms with Crippen molar-refractivity contribution in [1.29, 1.82) is 0 Å². The summed E-state index contributed by atoms with van der Waals surface area (Å²) in [6, 6.07) is 4.10. The van der Waals surface area contributed by atoms with Gasteiger partial charge in [0.1, 0.15) is 11.8 Å². The van der Waals surface area contributed by atoms with Gasteiger partial charge in [-0.15, -0.1) is 12.4 Å². The van der Waals surface area contributed by atoms with Crippen molar-refractivity contribution >= 4 is 18.3 Å². The molecule has 1 aliphatic rings. The lowest BCUT2D eigenvalue weighted by Crippen LogP contribution is -2.57. The van der Waals surface area contributed by atoms with Crippen LogP contribution in [-0.4, -0.2) is 62.4 Å². The quantitative estimate of drug-likeness (QED) is 0.726. The maximum Gasteiger partial charge on any atom is 0.405 e. The van der Waals surface area contributed by atoms with Crippen LogP contribution in [0.25, 0.3) is 0 Å². The van der Waals surface area contributed by atoms with Crippen molar-refractivity contribution in [1.82, 2.24) is 15.5 Å². The highest BCUT2D eigenvalue weighted by molar-refractivity contribution is 5.85. The average Bonchev–Trinajstić information content (AvgIpc) is 2.58. The van der Waals surface area contributed by atoms with Gasteiger partial charge in [-0.2, -0.15) is 13.2 Å². The van der Waals surface area contributed by atoms with E-state index in [-0.39, 0.29) is 25.4 Å². The van der Waals surface area contributed by atoms with E-state index >= 15 is 0 Å². The highest BCUT2D eigenvalue weighted by Crippen LogP contribution is 2.25. The van der Waals surface area contributed by atoms with Gasteiger partial charge in [-0.3, -0.25) is 9.69 Å². The Labute approximate surface area is 164 Å². The van der Waals surface area contributed by atoms with Crippen molar-refractivity contribution in [3.8, 4) is 5.75 Å². The molecule has 0 aromatic heterocycles. The third-order valence-electron chi connectivity index (χ3n) is 4.39. The lowest BCUT2D eigenvalue weighted by molar-refractivity contribution is -0.184. The van der Waals surface area contributed by atoms with E-state index in [2.05, 4.69) is 10.6 Å². The zero-order valence-electron chi connectivity index (χ0n) is 15.6. The van der Waals surface area contributed by atoms with E-state index in [0.29, 0.717) is 31.9 Å². The van der Waals surface area contributed by atoms with Gasteiger partial charge in [0, 0.05) is 32.7 Å². The first-order valence-corrected chi connectivity index (χ1v) is 8.75. The van der Waals surface area contributed by atoms with E-state index in [1.807, 2.05) is 32.0 Å². The van der Waals surface area contributed by atoms with E-state index < -0.39 is 24.7 Å². The molecular weight excluding hydrogens is 383 g/mol. The van der Waals surface area contributed by atoms with Crippen molar-refractivity contribution < 1.29 is 22.7 Å². The fraction of sp³-hybridized carbons (Fsp3) is 0.611. The van der Waals surface area contributed by atoms with Gasteiger partial charge in [-0.25, -0.2) is 0 Å². The molecule has 9 heteroatoms. The number of nitrogens with one attached hydrogen (secondary N) is 2. The number of rotatable bonds is 7. The fourth-order valence-electron chi connectivity index (χ4n) is 2.86. The molecule has 1 heterocycles. The zero-order chi connectivity index (χ0) is 19.2. The van der Waals surface area contributed by atoms with Gasteiger partial charge in [-0.1, -0.05) is 12.1 Å².